The first-order valence-electron chi connectivity index (χ1n) is 19.0. The molecule has 3 heterocycles. The van der Waals surface area contributed by atoms with E-state index in [0.717, 1.165) is 61.1 Å². The zero-order valence-electron chi connectivity index (χ0n) is 30.2. The SMILES string of the molecule is O=C(CN1CN(c2ccccc2)C2(CCN(C(=O)C(Cc3cccc(C(F)(F)F)c3)NC(=O)C3Cc4ccccc4CN3)CC2)C1=O)NC1CCCCC1. The molecule has 7 rings (SSSR count). The molecular weight excluding hydrogens is 697 g/mol. The lowest BCUT2D eigenvalue weighted by Crippen LogP contribution is -2.60. The van der Waals surface area contributed by atoms with Gasteiger partial charge in [-0.3, -0.25) is 19.2 Å². The van der Waals surface area contributed by atoms with E-state index in [4.69, 9.17) is 0 Å². The van der Waals surface area contributed by atoms with Crippen LogP contribution in [0.5, 0.6) is 0 Å². The number of para-hydroxylation sites is 1. The third-order valence-corrected chi connectivity index (χ3v) is 11.5. The molecule has 0 bridgehead atoms. The van der Waals surface area contributed by atoms with E-state index in [-0.39, 0.29) is 69.0 Å². The Hall–Kier alpha value is -4.91. The van der Waals surface area contributed by atoms with Gasteiger partial charge in [0.25, 0.3) is 5.91 Å². The number of anilines is 1. The van der Waals surface area contributed by atoms with E-state index in [1.165, 1.54) is 12.1 Å². The molecule has 3 aromatic rings. The number of fused-ring (bicyclic) bond motifs is 1. The number of alkyl halides is 3. The van der Waals surface area contributed by atoms with Gasteiger partial charge in [-0.1, -0.05) is 79.9 Å². The summed E-state index contributed by atoms with van der Waals surface area (Å²) in [6, 6.07) is 20.5. The van der Waals surface area contributed by atoms with Gasteiger partial charge in [0.1, 0.15) is 18.1 Å². The number of hydrogen-bond donors (Lipinski definition) is 3. The van der Waals surface area contributed by atoms with Crippen LogP contribution in [0.2, 0.25) is 0 Å². The molecule has 3 aliphatic heterocycles. The minimum absolute atomic E-state index is 0.0617. The standard InChI is InChI=1S/C41H47F3N6O4/c42-41(43,44)31-13-9-10-28(22-31)23-35(47-37(52)34-24-29-11-7-8-12-30(29)25-45-34)38(53)48-20-18-40(19-21-48)39(54)49(27-50(40)33-16-5-2-6-17-33)26-36(51)46-32-14-3-1-4-15-32/h2,5-13,16-17,22,32,34-35,45H,1,3-4,14-15,18-21,23-27H2,(H,46,51)(H,47,52). The smallest absolute Gasteiger partial charge is 0.352 e. The van der Waals surface area contributed by atoms with Gasteiger partial charge in [-0.2, -0.15) is 13.2 Å². The summed E-state index contributed by atoms with van der Waals surface area (Å²) in [5, 5.41) is 9.23. The highest BCUT2D eigenvalue weighted by molar-refractivity contribution is 5.97. The molecule has 10 nitrogen and oxygen atoms in total. The predicted octanol–water partition coefficient (Wildman–Crippen LogP) is 4.56. The highest BCUT2D eigenvalue weighted by atomic mass is 19.4. The van der Waals surface area contributed by atoms with Crippen LogP contribution >= 0.6 is 0 Å². The Balaban J connectivity index is 1.08. The van der Waals surface area contributed by atoms with Crippen molar-refractivity contribution in [2.24, 2.45) is 0 Å². The number of amides is 4. The molecule has 0 radical (unpaired) electrons. The number of nitrogens with zero attached hydrogens (tertiary/aromatic N) is 3. The van der Waals surface area contributed by atoms with Crippen molar-refractivity contribution < 1.29 is 32.3 Å². The fraction of sp³-hybridized carbons (Fsp3) is 0.463. The van der Waals surface area contributed by atoms with Crippen molar-refractivity contribution in [3.05, 3.63) is 101 Å². The van der Waals surface area contributed by atoms with Gasteiger partial charge in [0, 0.05) is 37.8 Å². The highest BCUT2D eigenvalue weighted by Gasteiger charge is 2.54. The molecule has 1 saturated carbocycles. The van der Waals surface area contributed by atoms with E-state index in [9.17, 15) is 32.3 Å². The van der Waals surface area contributed by atoms with Crippen LogP contribution in [0.4, 0.5) is 18.9 Å². The maximum absolute atomic E-state index is 14.3. The van der Waals surface area contributed by atoms with Crippen molar-refractivity contribution in [3.63, 3.8) is 0 Å². The van der Waals surface area contributed by atoms with Crippen LogP contribution in [0.25, 0.3) is 0 Å². The van der Waals surface area contributed by atoms with Gasteiger partial charge in [-0.25, -0.2) is 0 Å². The molecule has 1 aliphatic carbocycles. The summed E-state index contributed by atoms with van der Waals surface area (Å²) in [6.07, 6.45) is 1.43. The zero-order chi connectivity index (χ0) is 37.9. The number of hydrogen-bond acceptors (Lipinski definition) is 6. The van der Waals surface area contributed by atoms with Gasteiger partial charge >= 0.3 is 6.18 Å². The second-order valence-electron chi connectivity index (χ2n) is 15.0. The molecule has 1 spiro atoms. The van der Waals surface area contributed by atoms with E-state index in [2.05, 4.69) is 16.0 Å². The van der Waals surface area contributed by atoms with Gasteiger partial charge in [0.05, 0.1) is 18.3 Å². The van der Waals surface area contributed by atoms with E-state index in [0.29, 0.717) is 13.0 Å². The second-order valence-corrected chi connectivity index (χ2v) is 15.0. The second kappa shape index (κ2) is 15.8. The quantitative estimate of drug-likeness (QED) is 0.296. The molecule has 4 amide bonds. The summed E-state index contributed by atoms with van der Waals surface area (Å²) in [6.45, 7) is 0.994. The van der Waals surface area contributed by atoms with Crippen molar-refractivity contribution >= 4 is 29.3 Å². The number of likely N-dealkylation sites (tertiary alicyclic amines) is 1. The number of benzene rings is 3. The molecule has 4 aliphatic rings. The zero-order valence-corrected chi connectivity index (χ0v) is 30.2. The van der Waals surface area contributed by atoms with Crippen LogP contribution in [-0.2, 0) is 44.7 Å². The maximum Gasteiger partial charge on any atom is 0.416 e. The van der Waals surface area contributed by atoms with Crippen LogP contribution in [0.3, 0.4) is 0 Å². The fourth-order valence-corrected chi connectivity index (χ4v) is 8.56. The normalized spacial score (nSPS) is 20.8. The molecular formula is C41H47F3N6O4. The Morgan fingerprint density at radius 3 is 2.31 bits per heavy atom. The molecule has 3 aromatic carbocycles. The molecule has 286 valence electrons. The lowest BCUT2D eigenvalue weighted by atomic mass is 9.85. The summed E-state index contributed by atoms with van der Waals surface area (Å²) < 4.78 is 41.0. The summed E-state index contributed by atoms with van der Waals surface area (Å²) >= 11 is 0. The van der Waals surface area contributed by atoms with Crippen LogP contribution in [-0.4, -0.2) is 83.4 Å². The minimum Gasteiger partial charge on any atom is -0.352 e. The Labute approximate surface area is 313 Å². The highest BCUT2D eigenvalue weighted by Crippen LogP contribution is 2.40. The van der Waals surface area contributed by atoms with Crippen molar-refractivity contribution in [3.8, 4) is 0 Å². The third-order valence-electron chi connectivity index (χ3n) is 11.5. The Morgan fingerprint density at radius 1 is 0.889 bits per heavy atom. The van der Waals surface area contributed by atoms with Gasteiger partial charge in [0.15, 0.2) is 0 Å². The lowest BCUT2D eigenvalue weighted by Gasteiger charge is -2.44. The summed E-state index contributed by atoms with van der Waals surface area (Å²) in [5.74, 6) is -1.19. The summed E-state index contributed by atoms with van der Waals surface area (Å²) in [4.78, 5) is 60.7. The number of carbonyl (C=O) groups is 4. The molecule has 13 heteroatoms. The first-order chi connectivity index (χ1) is 26.0. The first kappa shape index (κ1) is 37.4. The lowest BCUT2D eigenvalue weighted by molar-refractivity contribution is -0.141. The monoisotopic (exact) mass is 744 g/mol. The minimum atomic E-state index is -4.57. The fourth-order valence-electron chi connectivity index (χ4n) is 8.56. The van der Waals surface area contributed by atoms with E-state index in [1.54, 1.807) is 9.80 Å². The Morgan fingerprint density at radius 2 is 1.59 bits per heavy atom. The van der Waals surface area contributed by atoms with E-state index in [1.807, 2.05) is 59.5 Å². The van der Waals surface area contributed by atoms with Gasteiger partial charge in [-0.15, -0.1) is 0 Å². The van der Waals surface area contributed by atoms with Gasteiger partial charge < -0.3 is 30.7 Å². The number of nitrogens with one attached hydrogen (secondary N) is 3. The van der Waals surface area contributed by atoms with Crippen LogP contribution < -0.4 is 20.9 Å². The Kier molecular flexibility index (Phi) is 11.0. The number of rotatable bonds is 9. The van der Waals surface area contributed by atoms with E-state index >= 15 is 0 Å². The van der Waals surface area contributed by atoms with E-state index < -0.39 is 41.2 Å². The summed E-state index contributed by atoms with van der Waals surface area (Å²) in [5.41, 5.74) is 1.36. The largest absolute Gasteiger partial charge is 0.416 e. The number of piperidine rings is 1. The predicted molar refractivity (Wildman–Crippen MR) is 197 cm³/mol. The third kappa shape index (κ3) is 8.11. The maximum atomic E-state index is 14.3. The van der Waals surface area contributed by atoms with Crippen LogP contribution in [0.15, 0.2) is 78.9 Å². The molecule has 2 atom stereocenters. The average molecular weight is 745 g/mol. The first-order valence-corrected chi connectivity index (χ1v) is 19.0. The van der Waals surface area contributed by atoms with Crippen molar-refractivity contribution in [2.75, 3.05) is 31.2 Å². The average Bonchev–Trinajstić information content (AvgIpc) is 3.44. The molecule has 54 heavy (non-hydrogen) atoms. The molecule has 2 saturated heterocycles. The molecule has 3 fully saturated rings. The van der Waals surface area contributed by atoms with Crippen molar-refractivity contribution in [1.82, 2.24) is 25.8 Å². The van der Waals surface area contributed by atoms with Crippen molar-refractivity contribution in [1.29, 1.82) is 0 Å². The van der Waals surface area contributed by atoms with Gasteiger partial charge in [-0.05, 0) is 67.0 Å². The van der Waals surface area contributed by atoms with Crippen molar-refractivity contribution in [2.45, 2.75) is 94.2 Å². The molecule has 2 unspecified atom stereocenters. The van der Waals surface area contributed by atoms with Gasteiger partial charge in [0.2, 0.25) is 17.7 Å². The molecule has 0 aromatic heterocycles. The molecule has 3 N–H and O–H groups in total. The number of carbonyl (C=O) groups excluding carboxylic acids is 4. The van der Waals surface area contributed by atoms with Crippen LogP contribution in [0, 0.1) is 0 Å². The Bertz CT molecular complexity index is 1840. The number of halogens is 3. The topological polar surface area (TPSA) is 114 Å². The van der Waals surface area contributed by atoms with Crippen LogP contribution in [0.1, 0.15) is 67.2 Å². The summed E-state index contributed by atoms with van der Waals surface area (Å²) in [7, 11) is 0.